The molecule has 0 unspecified atom stereocenters. The maximum absolute atomic E-state index is 7.68. The van der Waals surface area contributed by atoms with Gasteiger partial charge in [0.2, 0.25) is 0 Å². The molecule has 0 aliphatic carbocycles. The molecule has 0 spiro atoms. The summed E-state index contributed by atoms with van der Waals surface area (Å²) in [6, 6.07) is 7.62. The topological polar surface area (TPSA) is 51.5 Å². The van der Waals surface area contributed by atoms with Crippen LogP contribution >= 0.6 is 20.6 Å². The molecule has 4 nitrogen and oxygen atoms in total. The van der Waals surface area contributed by atoms with Gasteiger partial charge >= 0.3 is 103 Å². The molecular formula is C11H14INO3. The van der Waals surface area contributed by atoms with E-state index in [4.69, 9.17) is 16.6 Å². The number of rotatable bonds is 2. The van der Waals surface area contributed by atoms with Gasteiger partial charge in [-0.2, -0.15) is 0 Å². The quantitative estimate of drug-likeness (QED) is 0.513. The summed E-state index contributed by atoms with van der Waals surface area (Å²) in [5.41, 5.74) is 0.464. The van der Waals surface area contributed by atoms with Gasteiger partial charge < -0.3 is 0 Å². The van der Waals surface area contributed by atoms with Crippen LogP contribution in [0.5, 0.6) is 0 Å². The molecule has 1 N–H and O–H groups in total. The van der Waals surface area contributed by atoms with Crippen molar-refractivity contribution < 1.29 is 11.2 Å². The summed E-state index contributed by atoms with van der Waals surface area (Å²) in [5.74, 6) is 0.193. The molecule has 1 heterocycles. The standard InChI is InChI=1S/C11H14INO3/c1-11(2,3)15-16-12-9-7-5-4-6-8(9)10(13)14-12/h4-7,13H,1-3H3. The van der Waals surface area contributed by atoms with Crippen molar-refractivity contribution in [2.45, 2.75) is 26.4 Å². The Balaban J connectivity index is 2.12. The molecule has 1 aromatic carbocycles. The van der Waals surface area contributed by atoms with Crippen molar-refractivity contribution >= 4 is 26.5 Å². The van der Waals surface area contributed by atoms with E-state index in [2.05, 4.69) is 0 Å². The van der Waals surface area contributed by atoms with E-state index in [0.29, 0.717) is 0 Å². The Morgan fingerprint density at radius 3 is 2.62 bits per heavy atom. The van der Waals surface area contributed by atoms with Crippen LogP contribution in [-0.4, -0.2) is 11.5 Å². The normalized spacial score (nSPS) is 17.2. The van der Waals surface area contributed by atoms with Gasteiger partial charge in [-0.05, 0) is 0 Å². The van der Waals surface area contributed by atoms with Crippen LogP contribution in [0.1, 0.15) is 26.3 Å². The molecule has 1 aromatic rings. The van der Waals surface area contributed by atoms with Gasteiger partial charge in [0.15, 0.2) is 0 Å². The van der Waals surface area contributed by atoms with Crippen LogP contribution in [0, 0.1) is 8.98 Å². The third-order valence-electron chi connectivity index (χ3n) is 1.77. The Morgan fingerprint density at radius 1 is 1.25 bits per heavy atom. The fraction of sp³-hybridized carbons (Fsp3) is 0.364. The van der Waals surface area contributed by atoms with Crippen molar-refractivity contribution in [3.63, 3.8) is 0 Å². The SMILES string of the molecule is CC(C)(C)OOI1OC(=N)c2ccccc21. The summed E-state index contributed by atoms with van der Waals surface area (Å²) < 4.78 is 11.8. The van der Waals surface area contributed by atoms with E-state index >= 15 is 0 Å². The van der Waals surface area contributed by atoms with Crippen molar-refractivity contribution in [1.82, 2.24) is 0 Å². The van der Waals surface area contributed by atoms with Gasteiger partial charge in [-0.15, -0.1) is 0 Å². The van der Waals surface area contributed by atoms with Gasteiger partial charge in [0.05, 0.1) is 0 Å². The molecule has 16 heavy (non-hydrogen) atoms. The second-order valence-electron chi connectivity index (χ2n) is 4.36. The third kappa shape index (κ3) is 2.53. The average molecular weight is 335 g/mol. The number of fused-ring (bicyclic) bond motifs is 1. The molecule has 2 rings (SSSR count). The maximum atomic E-state index is 7.68. The van der Waals surface area contributed by atoms with Gasteiger partial charge in [-0.3, -0.25) is 0 Å². The fourth-order valence-corrected chi connectivity index (χ4v) is 4.35. The first kappa shape index (κ1) is 11.8. The molecule has 0 radical (unpaired) electrons. The summed E-state index contributed by atoms with van der Waals surface area (Å²) in [6.07, 6.45) is 0. The molecule has 1 aliphatic rings. The van der Waals surface area contributed by atoms with E-state index in [1.54, 1.807) is 0 Å². The minimum absolute atomic E-state index is 0.193. The van der Waals surface area contributed by atoms with Gasteiger partial charge in [0.1, 0.15) is 0 Å². The molecule has 5 heteroatoms. The number of hydrogen-bond acceptors (Lipinski definition) is 4. The van der Waals surface area contributed by atoms with Crippen LogP contribution in [0.3, 0.4) is 0 Å². The zero-order valence-corrected chi connectivity index (χ0v) is 11.6. The second-order valence-corrected chi connectivity index (χ2v) is 7.56. The molecule has 0 atom stereocenters. The van der Waals surface area contributed by atoms with Crippen molar-refractivity contribution in [2.24, 2.45) is 0 Å². The van der Waals surface area contributed by atoms with Crippen molar-refractivity contribution in [1.29, 1.82) is 5.41 Å². The van der Waals surface area contributed by atoms with Crippen molar-refractivity contribution in [3.05, 3.63) is 33.4 Å². The second kappa shape index (κ2) is 4.31. The monoisotopic (exact) mass is 335 g/mol. The first-order chi connectivity index (χ1) is 7.47. The summed E-state index contributed by atoms with van der Waals surface area (Å²) in [7, 11) is 0. The predicted octanol–water partition coefficient (Wildman–Crippen LogP) is 3.29. The molecule has 1 aliphatic heterocycles. The van der Waals surface area contributed by atoms with Gasteiger partial charge in [-0.1, -0.05) is 0 Å². The summed E-state index contributed by atoms with van der Waals surface area (Å²) in [6.45, 7) is 5.74. The number of hydrogen-bond donors (Lipinski definition) is 1. The summed E-state index contributed by atoms with van der Waals surface area (Å²) in [4.78, 5) is 5.27. The van der Waals surface area contributed by atoms with Gasteiger partial charge in [0.25, 0.3) is 0 Å². The Hall–Kier alpha value is -0.660. The van der Waals surface area contributed by atoms with Gasteiger partial charge in [0, 0.05) is 0 Å². The zero-order valence-electron chi connectivity index (χ0n) is 9.41. The van der Waals surface area contributed by atoms with E-state index in [9.17, 15) is 0 Å². The van der Waals surface area contributed by atoms with Gasteiger partial charge in [-0.25, -0.2) is 0 Å². The van der Waals surface area contributed by atoms with Crippen LogP contribution in [0.2, 0.25) is 0 Å². The summed E-state index contributed by atoms with van der Waals surface area (Å²) in [5, 5.41) is 7.68. The Morgan fingerprint density at radius 2 is 1.94 bits per heavy atom. The van der Waals surface area contributed by atoms with E-state index in [1.807, 2.05) is 45.0 Å². The number of nitrogens with one attached hydrogen (secondary N) is 1. The van der Waals surface area contributed by atoms with Crippen LogP contribution in [0.15, 0.2) is 24.3 Å². The average Bonchev–Trinajstić information content (AvgIpc) is 2.53. The summed E-state index contributed by atoms with van der Waals surface area (Å²) >= 11 is -2.27. The fourth-order valence-electron chi connectivity index (χ4n) is 1.10. The molecule has 0 saturated carbocycles. The minimum atomic E-state index is -2.27. The Labute approximate surface area is 103 Å². The van der Waals surface area contributed by atoms with Crippen LogP contribution < -0.4 is 0 Å². The van der Waals surface area contributed by atoms with E-state index in [1.165, 1.54) is 0 Å². The van der Waals surface area contributed by atoms with E-state index < -0.39 is 20.6 Å². The molecule has 0 saturated heterocycles. The van der Waals surface area contributed by atoms with E-state index in [0.717, 1.165) is 9.13 Å². The van der Waals surface area contributed by atoms with Crippen LogP contribution in [0.4, 0.5) is 0 Å². The third-order valence-corrected chi connectivity index (χ3v) is 5.01. The zero-order chi connectivity index (χ0) is 11.8. The molecule has 0 fully saturated rings. The molecular weight excluding hydrogens is 321 g/mol. The predicted molar refractivity (Wildman–Crippen MR) is 69.0 cm³/mol. The Kier molecular flexibility index (Phi) is 3.18. The first-order valence-corrected chi connectivity index (χ1v) is 7.74. The number of halogens is 1. The molecule has 88 valence electrons. The molecule has 0 bridgehead atoms. The van der Waals surface area contributed by atoms with E-state index in [-0.39, 0.29) is 11.5 Å². The Bertz CT molecular complexity index is 414. The first-order valence-electron chi connectivity index (χ1n) is 4.90. The van der Waals surface area contributed by atoms with Crippen LogP contribution in [-0.2, 0) is 11.2 Å². The molecule has 0 amide bonds. The van der Waals surface area contributed by atoms with Crippen LogP contribution in [0.25, 0.3) is 0 Å². The van der Waals surface area contributed by atoms with Crippen molar-refractivity contribution in [2.75, 3.05) is 0 Å². The number of benzene rings is 1. The van der Waals surface area contributed by atoms with Crippen molar-refractivity contribution in [3.8, 4) is 0 Å². The molecule has 0 aromatic heterocycles.